The molecule has 1 aromatic rings. The van der Waals surface area contributed by atoms with Crippen molar-refractivity contribution >= 4 is 21.7 Å². The molecule has 0 fully saturated rings. The highest BCUT2D eigenvalue weighted by Gasteiger charge is 2.42. The summed E-state index contributed by atoms with van der Waals surface area (Å²) in [6.07, 6.45) is -3.70. The minimum absolute atomic E-state index is 0.0542. The molecule has 3 nitrogen and oxygen atoms in total. The zero-order valence-corrected chi connectivity index (χ0v) is 9.56. The number of carbonyl (C=O) groups is 1. The van der Waals surface area contributed by atoms with Gasteiger partial charge in [-0.2, -0.15) is 18.3 Å². The molecule has 84 valence electrons. The second-order valence-electron chi connectivity index (χ2n) is 3.21. The molecule has 0 aliphatic rings. The van der Waals surface area contributed by atoms with Crippen LogP contribution >= 0.6 is 15.9 Å². The zero-order valence-electron chi connectivity index (χ0n) is 7.97. The summed E-state index contributed by atoms with van der Waals surface area (Å²) in [6, 6.07) is -0.308. The van der Waals surface area contributed by atoms with Gasteiger partial charge in [-0.05, 0) is 29.8 Å². The summed E-state index contributed by atoms with van der Waals surface area (Å²) in [5.74, 6) is -1.89. The average molecular weight is 285 g/mol. The van der Waals surface area contributed by atoms with Crippen LogP contribution in [0.4, 0.5) is 13.2 Å². The molecule has 0 unspecified atom stereocenters. The van der Waals surface area contributed by atoms with Crippen molar-refractivity contribution in [3.8, 4) is 0 Å². The van der Waals surface area contributed by atoms with Gasteiger partial charge < -0.3 is 0 Å². The highest BCUT2D eigenvalue weighted by atomic mass is 79.9. The normalized spacial score (nSPS) is 12.2. The molecule has 1 rings (SSSR count). The fraction of sp³-hybridized carbons (Fsp3) is 0.500. The summed E-state index contributed by atoms with van der Waals surface area (Å²) in [5, 5.41) is 3.70. The molecular weight excluding hydrogens is 277 g/mol. The lowest BCUT2D eigenvalue weighted by Crippen LogP contribution is -2.26. The predicted molar refractivity (Wildman–Crippen MR) is 50.7 cm³/mol. The van der Waals surface area contributed by atoms with Gasteiger partial charge in [0.15, 0.2) is 0 Å². The zero-order chi connectivity index (χ0) is 11.8. The smallest absolute Gasteiger partial charge is 0.282 e. The fourth-order valence-electron chi connectivity index (χ4n) is 1.08. The van der Waals surface area contributed by atoms with Gasteiger partial charge >= 0.3 is 6.18 Å². The summed E-state index contributed by atoms with van der Waals surface area (Å²) in [5.41, 5.74) is -0.461. The van der Waals surface area contributed by atoms with E-state index in [4.69, 9.17) is 0 Å². The van der Waals surface area contributed by atoms with Gasteiger partial charge in [-0.1, -0.05) is 0 Å². The molecule has 1 heterocycles. The molecule has 0 N–H and O–H groups in total. The van der Waals surface area contributed by atoms with Gasteiger partial charge in [-0.15, -0.1) is 0 Å². The molecule has 15 heavy (non-hydrogen) atoms. The van der Waals surface area contributed by atoms with E-state index >= 15 is 0 Å². The van der Waals surface area contributed by atoms with Crippen LogP contribution in [0.3, 0.4) is 0 Å². The van der Waals surface area contributed by atoms with Crippen molar-refractivity contribution in [1.82, 2.24) is 9.78 Å². The molecule has 0 amide bonds. The summed E-state index contributed by atoms with van der Waals surface area (Å²) in [7, 11) is 0. The highest BCUT2D eigenvalue weighted by Crippen LogP contribution is 2.27. The molecule has 0 aliphatic heterocycles. The lowest BCUT2D eigenvalue weighted by atomic mass is 10.2. The largest absolute Gasteiger partial charge is 0.456 e. The topological polar surface area (TPSA) is 34.9 Å². The van der Waals surface area contributed by atoms with Gasteiger partial charge in [0, 0.05) is 6.04 Å². The summed E-state index contributed by atoms with van der Waals surface area (Å²) in [4.78, 5) is 11.1. The summed E-state index contributed by atoms with van der Waals surface area (Å²) >= 11 is 2.87. The van der Waals surface area contributed by atoms with Crippen LogP contribution in [0.15, 0.2) is 10.7 Å². The van der Waals surface area contributed by atoms with Crippen molar-refractivity contribution in [2.75, 3.05) is 0 Å². The van der Waals surface area contributed by atoms with Gasteiger partial charge in [0.05, 0.1) is 10.7 Å². The van der Waals surface area contributed by atoms with E-state index in [0.717, 1.165) is 4.68 Å². The van der Waals surface area contributed by atoms with Gasteiger partial charge in [0.2, 0.25) is 0 Å². The third-order valence-corrected chi connectivity index (χ3v) is 2.29. The maximum absolute atomic E-state index is 12.2. The molecule has 0 atom stereocenters. The monoisotopic (exact) mass is 284 g/mol. The lowest BCUT2D eigenvalue weighted by Gasteiger charge is -2.11. The first-order chi connectivity index (χ1) is 6.75. The highest BCUT2D eigenvalue weighted by molar-refractivity contribution is 9.10. The Morgan fingerprint density at radius 1 is 1.53 bits per heavy atom. The van der Waals surface area contributed by atoms with Crippen molar-refractivity contribution in [3.05, 3.63) is 16.4 Å². The molecule has 0 aromatic carbocycles. The van der Waals surface area contributed by atoms with Crippen LogP contribution in [0.1, 0.15) is 30.4 Å². The molecule has 0 saturated heterocycles. The maximum atomic E-state index is 12.2. The van der Waals surface area contributed by atoms with E-state index in [1.165, 1.54) is 6.20 Å². The van der Waals surface area contributed by atoms with Gasteiger partial charge in [-0.25, -0.2) is 0 Å². The Morgan fingerprint density at radius 3 is 2.47 bits per heavy atom. The second-order valence-corrected chi connectivity index (χ2v) is 4.06. The Morgan fingerprint density at radius 2 is 2.07 bits per heavy atom. The van der Waals surface area contributed by atoms with Crippen molar-refractivity contribution in [2.45, 2.75) is 26.1 Å². The van der Waals surface area contributed by atoms with Gasteiger partial charge in [-0.3, -0.25) is 9.48 Å². The Bertz CT molecular complexity index is 384. The van der Waals surface area contributed by atoms with Gasteiger partial charge in [0.25, 0.3) is 5.78 Å². The number of hydrogen-bond donors (Lipinski definition) is 0. The maximum Gasteiger partial charge on any atom is 0.456 e. The lowest BCUT2D eigenvalue weighted by molar-refractivity contribution is -0.0892. The Balaban J connectivity index is 3.24. The third-order valence-electron chi connectivity index (χ3n) is 1.71. The summed E-state index contributed by atoms with van der Waals surface area (Å²) in [6.45, 7) is 3.29. The van der Waals surface area contributed by atoms with Crippen molar-refractivity contribution in [1.29, 1.82) is 0 Å². The molecule has 1 aromatic heterocycles. The SMILES string of the molecule is CC(C)n1ncc(Br)c1C(=O)C(F)(F)F. The number of carbonyl (C=O) groups excluding carboxylic acids is 1. The molecule has 7 heteroatoms. The minimum atomic E-state index is -4.88. The Kier molecular flexibility index (Phi) is 3.22. The number of Topliss-reactive ketones (excluding diaryl/α,β-unsaturated/α-hetero) is 1. The van der Waals surface area contributed by atoms with Crippen molar-refractivity contribution in [2.24, 2.45) is 0 Å². The van der Waals surface area contributed by atoms with Crippen LogP contribution in [-0.2, 0) is 0 Å². The summed E-state index contributed by atoms with van der Waals surface area (Å²) < 4.78 is 37.8. The number of hydrogen-bond acceptors (Lipinski definition) is 2. The van der Waals surface area contributed by atoms with E-state index in [1.807, 2.05) is 0 Å². The standard InChI is InChI=1S/C8H8BrF3N2O/c1-4(2)14-6(5(9)3-13-14)7(15)8(10,11)12/h3-4H,1-2H3. The minimum Gasteiger partial charge on any atom is -0.282 e. The van der Waals surface area contributed by atoms with E-state index in [-0.39, 0.29) is 10.5 Å². The third kappa shape index (κ3) is 2.39. The van der Waals surface area contributed by atoms with E-state index in [2.05, 4.69) is 21.0 Å². The molecular formula is C8H8BrF3N2O. The average Bonchev–Trinajstić information content (AvgIpc) is 2.44. The molecule has 0 bridgehead atoms. The second kappa shape index (κ2) is 3.96. The van der Waals surface area contributed by atoms with Crippen LogP contribution in [0.5, 0.6) is 0 Å². The van der Waals surface area contributed by atoms with Crippen molar-refractivity contribution < 1.29 is 18.0 Å². The van der Waals surface area contributed by atoms with Crippen LogP contribution in [-0.4, -0.2) is 21.7 Å². The molecule has 0 aliphatic carbocycles. The number of nitrogens with zero attached hydrogens (tertiary/aromatic N) is 2. The van der Waals surface area contributed by atoms with Crippen molar-refractivity contribution in [3.63, 3.8) is 0 Å². The number of ketones is 1. The van der Waals surface area contributed by atoms with E-state index in [1.54, 1.807) is 13.8 Å². The van der Waals surface area contributed by atoms with Crippen LogP contribution in [0.2, 0.25) is 0 Å². The Labute approximate surface area is 92.4 Å². The van der Waals surface area contributed by atoms with E-state index in [9.17, 15) is 18.0 Å². The van der Waals surface area contributed by atoms with Crippen LogP contribution in [0.25, 0.3) is 0 Å². The Hall–Kier alpha value is -0.850. The first-order valence-corrected chi connectivity index (χ1v) is 4.89. The van der Waals surface area contributed by atoms with Crippen LogP contribution in [0, 0.1) is 0 Å². The fourth-order valence-corrected chi connectivity index (χ4v) is 1.53. The van der Waals surface area contributed by atoms with E-state index in [0.29, 0.717) is 0 Å². The first-order valence-electron chi connectivity index (χ1n) is 4.09. The number of halogens is 4. The van der Waals surface area contributed by atoms with Gasteiger partial charge in [0.1, 0.15) is 5.69 Å². The molecule has 0 saturated carbocycles. The van der Waals surface area contributed by atoms with E-state index < -0.39 is 17.7 Å². The quantitative estimate of drug-likeness (QED) is 0.783. The predicted octanol–water partition coefficient (Wildman–Crippen LogP) is 2.97. The number of aromatic nitrogens is 2. The number of rotatable bonds is 2. The molecule has 0 radical (unpaired) electrons. The van der Waals surface area contributed by atoms with Crippen LogP contribution < -0.4 is 0 Å². The molecule has 0 spiro atoms. The number of alkyl halides is 3. The first kappa shape index (κ1) is 12.2.